The Morgan fingerprint density at radius 1 is 1.28 bits per heavy atom. The van der Waals surface area contributed by atoms with Gasteiger partial charge < -0.3 is 10.8 Å². The van der Waals surface area contributed by atoms with E-state index < -0.39 is 6.10 Å². The molecular weight excluding hydrogens is 266 g/mol. The van der Waals surface area contributed by atoms with Crippen LogP contribution in [0.2, 0.25) is 4.34 Å². The molecule has 2 rings (SSSR count). The number of nitrogens with two attached hydrogens (primary N) is 1. The number of rotatable bonds is 3. The topological polar surface area (TPSA) is 46.2 Å². The molecule has 1 heterocycles. The standard InChI is InChI=1S/C14H16ClNOS/c1-8-3-4-10(14(16)9(8)2)7-11(17)12-5-6-13(15)18-12/h3-6,11,17H,7,16H2,1-2H3. The summed E-state index contributed by atoms with van der Waals surface area (Å²) in [6, 6.07) is 7.68. The molecule has 1 aromatic heterocycles. The van der Waals surface area contributed by atoms with Crippen molar-refractivity contribution in [1.82, 2.24) is 0 Å². The second-order valence-corrected chi connectivity index (χ2v) is 6.19. The number of anilines is 1. The lowest BCUT2D eigenvalue weighted by atomic mass is 9.99. The fraction of sp³-hybridized carbons (Fsp3) is 0.286. The van der Waals surface area contributed by atoms with E-state index >= 15 is 0 Å². The molecule has 0 aliphatic rings. The summed E-state index contributed by atoms with van der Waals surface area (Å²) in [5.74, 6) is 0. The van der Waals surface area contributed by atoms with Gasteiger partial charge in [0.25, 0.3) is 0 Å². The summed E-state index contributed by atoms with van der Waals surface area (Å²) in [7, 11) is 0. The lowest BCUT2D eigenvalue weighted by Crippen LogP contribution is -2.05. The first kappa shape index (κ1) is 13.4. The highest BCUT2D eigenvalue weighted by Crippen LogP contribution is 2.31. The zero-order chi connectivity index (χ0) is 13.3. The lowest BCUT2D eigenvalue weighted by molar-refractivity contribution is 0.182. The van der Waals surface area contributed by atoms with Crippen molar-refractivity contribution in [3.63, 3.8) is 0 Å². The molecule has 4 heteroatoms. The van der Waals surface area contributed by atoms with Crippen molar-refractivity contribution in [2.45, 2.75) is 26.4 Å². The van der Waals surface area contributed by atoms with Crippen LogP contribution < -0.4 is 5.73 Å². The molecule has 18 heavy (non-hydrogen) atoms. The van der Waals surface area contributed by atoms with Gasteiger partial charge in [-0.05, 0) is 42.7 Å². The third-order valence-corrected chi connectivity index (χ3v) is 4.54. The zero-order valence-electron chi connectivity index (χ0n) is 10.4. The predicted octanol–water partition coefficient (Wildman–Crippen LogP) is 3.88. The van der Waals surface area contributed by atoms with Crippen LogP contribution >= 0.6 is 22.9 Å². The highest BCUT2D eigenvalue weighted by Gasteiger charge is 2.14. The van der Waals surface area contributed by atoms with Gasteiger partial charge in [-0.2, -0.15) is 0 Å². The third-order valence-electron chi connectivity index (χ3n) is 3.21. The molecule has 96 valence electrons. The van der Waals surface area contributed by atoms with E-state index in [1.54, 1.807) is 6.07 Å². The molecule has 0 saturated carbocycles. The number of aryl methyl sites for hydroxylation is 1. The van der Waals surface area contributed by atoms with Crippen molar-refractivity contribution >= 4 is 28.6 Å². The second-order valence-electron chi connectivity index (χ2n) is 4.44. The van der Waals surface area contributed by atoms with Crippen LogP contribution in [0.15, 0.2) is 24.3 Å². The molecule has 0 aliphatic carbocycles. The summed E-state index contributed by atoms with van der Waals surface area (Å²) in [6.07, 6.45) is -0.0315. The van der Waals surface area contributed by atoms with Crippen LogP contribution in [0.25, 0.3) is 0 Å². The van der Waals surface area contributed by atoms with E-state index in [2.05, 4.69) is 0 Å². The molecule has 0 aliphatic heterocycles. The highest BCUT2D eigenvalue weighted by molar-refractivity contribution is 7.16. The smallest absolute Gasteiger partial charge is 0.0932 e. The number of hydrogen-bond donors (Lipinski definition) is 2. The number of aliphatic hydroxyl groups excluding tert-OH is 1. The summed E-state index contributed by atoms with van der Waals surface area (Å²) in [5.41, 5.74) is 10.1. The summed E-state index contributed by atoms with van der Waals surface area (Å²) in [5, 5.41) is 10.2. The van der Waals surface area contributed by atoms with Crippen LogP contribution in [0.3, 0.4) is 0 Å². The molecule has 0 amide bonds. The quantitative estimate of drug-likeness (QED) is 0.839. The molecule has 1 unspecified atom stereocenters. The Hall–Kier alpha value is -1.03. The van der Waals surface area contributed by atoms with Gasteiger partial charge in [-0.25, -0.2) is 0 Å². The van der Waals surface area contributed by atoms with Crippen LogP contribution in [0.4, 0.5) is 5.69 Å². The molecule has 2 aromatic rings. The van der Waals surface area contributed by atoms with Gasteiger partial charge in [0.1, 0.15) is 0 Å². The molecule has 3 N–H and O–H groups in total. The maximum absolute atomic E-state index is 10.2. The first-order valence-corrected chi connectivity index (χ1v) is 6.96. The summed E-state index contributed by atoms with van der Waals surface area (Å²) in [4.78, 5) is 0.873. The Labute approximate surface area is 116 Å². The Kier molecular flexibility index (Phi) is 3.95. The minimum atomic E-state index is -0.549. The minimum absolute atomic E-state index is 0.518. The van der Waals surface area contributed by atoms with Crippen molar-refractivity contribution in [3.05, 3.63) is 50.2 Å². The maximum Gasteiger partial charge on any atom is 0.0932 e. The summed E-state index contributed by atoms with van der Waals surface area (Å²) in [6.45, 7) is 4.04. The third kappa shape index (κ3) is 2.69. The highest BCUT2D eigenvalue weighted by atomic mass is 35.5. The van der Waals surface area contributed by atoms with Crippen LogP contribution in [-0.2, 0) is 6.42 Å². The van der Waals surface area contributed by atoms with Crippen molar-refractivity contribution in [2.75, 3.05) is 5.73 Å². The van der Waals surface area contributed by atoms with E-state index in [1.807, 2.05) is 32.0 Å². The Bertz CT molecular complexity index is 565. The zero-order valence-corrected chi connectivity index (χ0v) is 12.0. The van der Waals surface area contributed by atoms with Gasteiger partial charge in [0.15, 0.2) is 0 Å². The number of aliphatic hydroxyl groups is 1. The number of thiophene rings is 1. The minimum Gasteiger partial charge on any atom is -0.398 e. The molecule has 1 atom stereocenters. The largest absolute Gasteiger partial charge is 0.398 e. The molecule has 1 aromatic carbocycles. The molecule has 0 saturated heterocycles. The first-order valence-electron chi connectivity index (χ1n) is 5.77. The summed E-state index contributed by atoms with van der Waals surface area (Å²) < 4.78 is 0.692. The van der Waals surface area contributed by atoms with Gasteiger partial charge in [-0.3, -0.25) is 0 Å². The second kappa shape index (κ2) is 5.31. The van der Waals surface area contributed by atoms with Gasteiger partial charge >= 0.3 is 0 Å². The van der Waals surface area contributed by atoms with E-state index in [-0.39, 0.29) is 0 Å². The summed E-state index contributed by atoms with van der Waals surface area (Å²) >= 11 is 7.27. The SMILES string of the molecule is Cc1ccc(CC(O)c2ccc(Cl)s2)c(N)c1C. The fourth-order valence-electron chi connectivity index (χ4n) is 1.89. The average Bonchev–Trinajstić information content (AvgIpc) is 2.77. The molecule has 0 spiro atoms. The normalized spacial score (nSPS) is 12.7. The number of hydrogen-bond acceptors (Lipinski definition) is 3. The number of halogens is 1. The Morgan fingerprint density at radius 2 is 2.00 bits per heavy atom. The van der Waals surface area contributed by atoms with Gasteiger partial charge in [0, 0.05) is 17.0 Å². The molecule has 0 bridgehead atoms. The predicted molar refractivity (Wildman–Crippen MR) is 78.3 cm³/mol. The molecule has 0 radical (unpaired) electrons. The van der Waals surface area contributed by atoms with E-state index in [4.69, 9.17) is 17.3 Å². The van der Waals surface area contributed by atoms with Crippen molar-refractivity contribution in [1.29, 1.82) is 0 Å². The maximum atomic E-state index is 10.2. The van der Waals surface area contributed by atoms with Crippen LogP contribution in [-0.4, -0.2) is 5.11 Å². The Morgan fingerprint density at radius 3 is 2.61 bits per heavy atom. The monoisotopic (exact) mass is 281 g/mol. The van der Waals surface area contributed by atoms with E-state index in [0.29, 0.717) is 10.8 Å². The number of benzene rings is 1. The first-order chi connectivity index (χ1) is 8.49. The van der Waals surface area contributed by atoms with E-state index in [1.165, 1.54) is 16.9 Å². The van der Waals surface area contributed by atoms with E-state index in [0.717, 1.165) is 21.7 Å². The molecule has 0 fully saturated rings. The fourth-order valence-corrected chi connectivity index (χ4v) is 2.93. The van der Waals surface area contributed by atoms with Crippen LogP contribution in [0.1, 0.15) is 27.7 Å². The molecular formula is C14H16ClNOS. The van der Waals surface area contributed by atoms with Crippen molar-refractivity contribution in [3.8, 4) is 0 Å². The number of nitrogen functional groups attached to an aromatic ring is 1. The molecule has 2 nitrogen and oxygen atoms in total. The van der Waals surface area contributed by atoms with Gasteiger partial charge in [-0.1, -0.05) is 23.7 Å². The van der Waals surface area contributed by atoms with E-state index in [9.17, 15) is 5.11 Å². The Balaban J connectivity index is 2.22. The van der Waals surface area contributed by atoms with Crippen LogP contribution in [0, 0.1) is 13.8 Å². The van der Waals surface area contributed by atoms with Gasteiger partial charge in [0.05, 0.1) is 10.4 Å². The van der Waals surface area contributed by atoms with Crippen molar-refractivity contribution < 1.29 is 5.11 Å². The lowest BCUT2D eigenvalue weighted by Gasteiger charge is -2.14. The van der Waals surface area contributed by atoms with Crippen molar-refractivity contribution in [2.24, 2.45) is 0 Å². The van der Waals surface area contributed by atoms with Gasteiger partial charge in [-0.15, -0.1) is 11.3 Å². The average molecular weight is 282 g/mol. The van der Waals surface area contributed by atoms with Gasteiger partial charge in [0.2, 0.25) is 0 Å². The van der Waals surface area contributed by atoms with Crippen LogP contribution in [0.5, 0.6) is 0 Å².